The van der Waals surface area contributed by atoms with Crippen LogP contribution >= 0.6 is 0 Å². The van der Waals surface area contributed by atoms with Gasteiger partial charge in [0, 0.05) is 24.2 Å². The summed E-state index contributed by atoms with van der Waals surface area (Å²) in [6, 6.07) is 4.97. The number of hydrogen-bond acceptors (Lipinski definition) is 4. The summed E-state index contributed by atoms with van der Waals surface area (Å²) >= 11 is 0. The molecule has 2 aliphatic rings. The number of nitrogens with zero attached hydrogens (tertiary/aromatic N) is 4. The van der Waals surface area contributed by atoms with Gasteiger partial charge in [-0.05, 0) is 49.9 Å². The molecule has 32 heavy (non-hydrogen) atoms. The Bertz CT molecular complexity index is 1190. The normalized spacial score (nSPS) is 19.6. The summed E-state index contributed by atoms with van der Waals surface area (Å²) in [7, 11) is 3.22. The van der Waals surface area contributed by atoms with Crippen LogP contribution in [0.5, 0.6) is 5.75 Å². The number of pyridine rings is 1. The lowest BCUT2D eigenvalue weighted by molar-refractivity contribution is 0.0386. The third kappa shape index (κ3) is 3.14. The Morgan fingerprint density at radius 2 is 1.91 bits per heavy atom. The molecule has 1 aromatic carbocycles. The Kier molecular flexibility index (Phi) is 4.91. The molecule has 0 N–H and O–H groups in total. The number of carbonyl (C=O) groups is 1. The van der Waals surface area contributed by atoms with Crippen LogP contribution in [0.25, 0.3) is 11.3 Å². The van der Waals surface area contributed by atoms with E-state index in [0.717, 1.165) is 37.0 Å². The summed E-state index contributed by atoms with van der Waals surface area (Å²) in [5.41, 5.74) is 2.66. The van der Waals surface area contributed by atoms with E-state index in [1.54, 1.807) is 23.9 Å². The zero-order valence-corrected chi connectivity index (χ0v) is 17.6. The lowest BCUT2D eigenvalue weighted by Crippen LogP contribution is -2.50. The fourth-order valence-corrected chi connectivity index (χ4v) is 4.96. The van der Waals surface area contributed by atoms with E-state index in [4.69, 9.17) is 4.74 Å². The van der Waals surface area contributed by atoms with Gasteiger partial charge in [0.1, 0.15) is 11.4 Å². The van der Waals surface area contributed by atoms with Gasteiger partial charge in [-0.2, -0.15) is 5.10 Å². The van der Waals surface area contributed by atoms with E-state index in [1.807, 2.05) is 4.90 Å². The van der Waals surface area contributed by atoms with E-state index in [-0.39, 0.29) is 23.6 Å². The van der Waals surface area contributed by atoms with Crippen molar-refractivity contribution in [2.45, 2.75) is 37.8 Å². The fourth-order valence-electron chi connectivity index (χ4n) is 4.96. The smallest absolute Gasteiger partial charge is 0.273 e. The van der Waals surface area contributed by atoms with Crippen molar-refractivity contribution in [2.24, 2.45) is 7.05 Å². The molecular weight excluding hydrogens is 421 g/mol. The second-order valence-electron chi connectivity index (χ2n) is 8.19. The minimum Gasteiger partial charge on any atom is -0.495 e. The molecule has 5 rings (SSSR count). The molecule has 3 aromatic rings. The van der Waals surface area contributed by atoms with Crippen molar-refractivity contribution in [3.63, 3.8) is 0 Å². The molecule has 2 aliphatic heterocycles. The Morgan fingerprint density at radius 3 is 2.56 bits per heavy atom. The minimum absolute atomic E-state index is 0.0873. The molecule has 0 spiro atoms. The molecule has 0 aliphatic carbocycles. The molecule has 6 nitrogen and oxygen atoms in total. The molecule has 1 fully saturated rings. The highest BCUT2D eigenvalue weighted by Crippen LogP contribution is 2.45. The van der Waals surface area contributed by atoms with Crippen LogP contribution in [0.3, 0.4) is 0 Å². The number of fused-ring (bicyclic) bond motifs is 4. The number of hydrogen-bond donors (Lipinski definition) is 0. The first kappa shape index (κ1) is 20.5. The average Bonchev–Trinajstić information content (AvgIpc) is 3.12. The highest BCUT2D eigenvalue weighted by Gasteiger charge is 2.44. The van der Waals surface area contributed by atoms with E-state index in [2.05, 4.69) is 10.1 Å². The van der Waals surface area contributed by atoms with E-state index >= 15 is 0 Å². The quantitative estimate of drug-likeness (QED) is 0.571. The summed E-state index contributed by atoms with van der Waals surface area (Å²) in [6.45, 7) is 0. The molecule has 0 unspecified atom stereocenters. The zero-order valence-electron chi connectivity index (χ0n) is 17.6. The number of piperidine rings is 1. The van der Waals surface area contributed by atoms with Gasteiger partial charge in [-0.25, -0.2) is 18.2 Å². The molecular formula is C23H21F3N4O2. The SMILES string of the molecule is COc1ccc(C(=O)N2[C@H]3CCC[C@@H]2c2nn(C)c(-c4cc(F)c(F)c(F)c4)c2C3)nc1. The molecule has 1 saturated heterocycles. The first-order valence-electron chi connectivity index (χ1n) is 10.4. The van der Waals surface area contributed by atoms with Gasteiger partial charge in [-0.1, -0.05) is 0 Å². The number of aromatic nitrogens is 3. The second kappa shape index (κ2) is 7.65. The maximum Gasteiger partial charge on any atom is 0.273 e. The van der Waals surface area contributed by atoms with Crippen LogP contribution in [0.15, 0.2) is 30.5 Å². The minimum atomic E-state index is -1.49. The first-order valence-corrected chi connectivity index (χ1v) is 10.4. The van der Waals surface area contributed by atoms with Crippen LogP contribution < -0.4 is 4.74 Å². The van der Waals surface area contributed by atoms with Gasteiger partial charge in [-0.3, -0.25) is 9.48 Å². The molecule has 2 bridgehead atoms. The van der Waals surface area contributed by atoms with Crippen molar-refractivity contribution >= 4 is 5.91 Å². The Balaban J connectivity index is 1.56. The number of methoxy groups -OCH3 is 1. The van der Waals surface area contributed by atoms with Crippen molar-refractivity contribution in [3.05, 3.63) is 64.9 Å². The van der Waals surface area contributed by atoms with Gasteiger partial charge in [0.15, 0.2) is 17.5 Å². The van der Waals surface area contributed by atoms with Crippen molar-refractivity contribution < 1.29 is 22.7 Å². The molecule has 2 atom stereocenters. The lowest BCUT2D eigenvalue weighted by atomic mass is 9.81. The van der Waals surface area contributed by atoms with Crippen molar-refractivity contribution in [1.82, 2.24) is 19.7 Å². The highest BCUT2D eigenvalue weighted by atomic mass is 19.2. The number of carbonyl (C=O) groups excluding carboxylic acids is 1. The Morgan fingerprint density at radius 1 is 1.16 bits per heavy atom. The molecule has 2 aromatic heterocycles. The van der Waals surface area contributed by atoms with Crippen LogP contribution in [0, 0.1) is 17.5 Å². The first-order chi connectivity index (χ1) is 15.4. The molecule has 1 amide bonds. The van der Waals surface area contributed by atoms with Gasteiger partial charge >= 0.3 is 0 Å². The van der Waals surface area contributed by atoms with Gasteiger partial charge < -0.3 is 9.64 Å². The zero-order chi connectivity index (χ0) is 22.6. The number of aryl methyl sites for hydroxylation is 1. The van der Waals surface area contributed by atoms with Crippen LogP contribution in [0.4, 0.5) is 13.2 Å². The van der Waals surface area contributed by atoms with Crippen LogP contribution in [0.2, 0.25) is 0 Å². The summed E-state index contributed by atoms with van der Waals surface area (Å²) in [5, 5.41) is 4.63. The molecule has 4 heterocycles. The fraction of sp³-hybridized carbons (Fsp3) is 0.348. The summed E-state index contributed by atoms with van der Waals surface area (Å²) in [4.78, 5) is 19.4. The largest absolute Gasteiger partial charge is 0.495 e. The van der Waals surface area contributed by atoms with Crippen molar-refractivity contribution in [1.29, 1.82) is 0 Å². The van der Waals surface area contributed by atoms with Gasteiger partial charge in [-0.15, -0.1) is 0 Å². The van der Waals surface area contributed by atoms with Crippen molar-refractivity contribution in [3.8, 4) is 17.0 Å². The average molecular weight is 442 g/mol. The van der Waals surface area contributed by atoms with E-state index in [1.165, 1.54) is 13.3 Å². The van der Waals surface area contributed by atoms with Crippen molar-refractivity contribution in [2.75, 3.05) is 7.11 Å². The molecule has 9 heteroatoms. The number of amides is 1. The standard InChI is InChI=1S/C23H21F3N4O2/c1-29-22(12-8-16(24)20(26)17(25)9-12)15-10-13-4-3-5-19(21(15)28-29)30(13)23(31)18-7-6-14(32-2)11-27-18/h6-9,11,13,19H,3-5,10H2,1-2H3/t13-,19+/m0/s1. The molecule has 166 valence electrons. The Hall–Kier alpha value is -3.36. The van der Waals surface area contributed by atoms with Crippen LogP contribution in [-0.2, 0) is 13.5 Å². The van der Waals surface area contributed by atoms with Crippen LogP contribution in [-0.4, -0.2) is 38.7 Å². The molecule has 0 radical (unpaired) electrons. The number of halogens is 3. The summed E-state index contributed by atoms with van der Waals surface area (Å²) < 4.78 is 48.0. The monoisotopic (exact) mass is 442 g/mol. The van der Waals surface area contributed by atoms with E-state index in [0.29, 0.717) is 29.3 Å². The maximum atomic E-state index is 13.9. The lowest BCUT2D eigenvalue weighted by Gasteiger charge is -2.45. The Labute approximate surface area is 182 Å². The van der Waals surface area contributed by atoms with Gasteiger partial charge in [0.2, 0.25) is 0 Å². The number of benzene rings is 1. The predicted molar refractivity (Wildman–Crippen MR) is 110 cm³/mol. The predicted octanol–water partition coefficient (Wildman–Crippen LogP) is 4.20. The van der Waals surface area contributed by atoms with Crippen LogP contribution in [0.1, 0.15) is 47.1 Å². The second-order valence-corrected chi connectivity index (χ2v) is 8.19. The topological polar surface area (TPSA) is 60.2 Å². The maximum absolute atomic E-state index is 13.9. The summed E-state index contributed by atoms with van der Waals surface area (Å²) in [5.74, 6) is -3.60. The third-order valence-corrected chi connectivity index (χ3v) is 6.36. The highest BCUT2D eigenvalue weighted by molar-refractivity contribution is 5.93. The number of rotatable bonds is 3. The van der Waals surface area contributed by atoms with Gasteiger partial charge in [0.25, 0.3) is 5.91 Å². The van der Waals surface area contributed by atoms with E-state index in [9.17, 15) is 18.0 Å². The van der Waals surface area contributed by atoms with E-state index < -0.39 is 17.5 Å². The molecule has 0 saturated carbocycles. The third-order valence-electron chi connectivity index (χ3n) is 6.36. The van der Waals surface area contributed by atoms with Gasteiger partial charge in [0.05, 0.1) is 30.7 Å². The number of ether oxygens (including phenoxy) is 1. The summed E-state index contributed by atoms with van der Waals surface area (Å²) in [6.07, 6.45) is 4.49.